The maximum atomic E-state index is 12.4. The van der Waals surface area contributed by atoms with Gasteiger partial charge in [0.2, 0.25) is 0 Å². The summed E-state index contributed by atoms with van der Waals surface area (Å²) in [4.78, 5) is 24.3. The van der Waals surface area contributed by atoms with Crippen LogP contribution >= 0.6 is 11.6 Å². The molecule has 1 aromatic carbocycles. The van der Waals surface area contributed by atoms with Crippen molar-refractivity contribution in [1.82, 2.24) is 20.9 Å². The Hall–Kier alpha value is -2.07. The molecule has 1 unspecified atom stereocenters. The number of amides is 3. The van der Waals surface area contributed by atoms with E-state index in [0.717, 1.165) is 56.9 Å². The molecule has 40 heavy (non-hydrogen) atoms. The highest BCUT2D eigenvalue weighted by Crippen LogP contribution is 2.19. The summed E-state index contributed by atoms with van der Waals surface area (Å²) in [6.07, 6.45) is 7.25. The summed E-state index contributed by atoms with van der Waals surface area (Å²) in [5.74, 6) is 1.16. The number of likely N-dealkylation sites (N-methyl/N-ethyl adjacent to an activating group) is 1. The molecule has 0 aromatic heterocycles. The highest BCUT2D eigenvalue weighted by Gasteiger charge is 2.19. The van der Waals surface area contributed by atoms with Gasteiger partial charge in [-0.05, 0) is 75.1 Å². The van der Waals surface area contributed by atoms with E-state index in [1.807, 2.05) is 32.3 Å². The largest absolute Gasteiger partial charge is 0.453 e. The molecular weight excluding hydrogens is 532 g/mol. The Labute approximate surface area is 247 Å². The average Bonchev–Trinajstić information content (AvgIpc) is 2.95. The lowest BCUT2D eigenvalue weighted by Gasteiger charge is -2.27. The van der Waals surface area contributed by atoms with Gasteiger partial charge in [0, 0.05) is 51.0 Å². The zero-order chi connectivity index (χ0) is 30.2. The van der Waals surface area contributed by atoms with Crippen molar-refractivity contribution in [2.75, 3.05) is 60.7 Å². The second kappa shape index (κ2) is 24.7. The maximum absolute atomic E-state index is 12.4. The summed E-state index contributed by atoms with van der Waals surface area (Å²) in [5.41, 5.74) is 1.28. The molecule has 2 rings (SSSR count). The first kappa shape index (κ1) is 37.9. The minimum Gasteiger partial charge on any atom is -0.453 e. The van der Waals surface area contributed by atoms with Crippen molar-refractivity contribution < 1.29 is 24.2 Å². The van der Waals surface area contributed by atoms with Crippen molar-refractivity contribution in [1.29, 1.82) is 0 Å². The molecule has 3 atom stereocenters. The Morgan fingerprint density at radius 2 is 2.00 bits per heavy atom. The number of hydrogen-bond donors (Lipinski definition) is 4. The molecule has 0 saturated carbocycles. The Morgan fingerprint density at radius 1 is 1.27 bits per heavy atom. The molecule has 232 valence electrons. The molecule has 1 saturated heterocycles. The number of benzene rings is 1. The number of nitrogens with one attached hydrogen (secondary N) is 3. The molecule has 0 radical (unpaired) electrons. The minimum absolute atomic E-state index is 0.00707. The smallest absolute Gasteiger partial charge is 0.406 e. The van der Waals surface area contributed by atoms with Crippen LogP contribution in [-0.4, -0.2) is 88.8 Å². The number of ether oxygens (including phenoxy) is 2. The third kappa shape index (κ3) is 19.9. The fourth-order valence-corrected chi connectivity index (χ4v) is 4.43. The van der Waals surface area contributed by atoms with E-state index < -0.39 is 6.09 Å². The van der Waals surface area contributed by atoms with Crippen LogP contribution in [0.2, 0.25) is 5.02 Å². The van der Waals surface area contributed by atoms with Gasteiger partial charge in [0.15, 0.2) is 0 Å². The van der Waals surface area contributed by atoms with Crippen LogP contribution in [-0.2, 0) is 15.9 Å². The van der Waals surface area contributed by atoms with Crippen LogP contribution in [0, 0.1) is 11.8 Å². The Balaban J connectivity index is 0.00000117. The summed E-state index contributed by atoms with van der Waals surface area (Å²) in [7, 11) is 5.11. The van der Waals surface area contributed by atoms with Gasteiger partial charge in [-0.25, -0.2) is 9.59 Å². The molecule has 1 heterocycles. The predicted molar refractivity (Wildman–Crippen MR) is 164 cm³/mol. The van der Waals surface area contributed by atoms with Crippen LogP contribution in [0.4, 0.5) is 9.59 Å². The van der Waals surface area contributed by atoms with Crippen LogP contribution in [0.3, 0.4) is 0 Å². The monoisotopic (exact) mass is 586 g/mol. The fourth-order valence-electron chi connectivity index (χ4n) is 4.22. The Kier molecular flexibility index (Phi) is 23.4. The SMILES string of the molecule is CCC.CNC(CNC(=O)N(C)CCC[C@H](C)Cc1cccc(Cl)c1)C[C@H]1CCCOC1.COC(=O)NCCO. The third-order valence-corrected chi connectivity index (χ3v) is 6.59. The number of methoxy groups -OCH3 is 1. The molecule has 1 fully saturated rings. The van der Waals surface area contributed by atoms with E-state index >= 15 is 0 Å². The third-order valence-electron chi connectivity index (χ3n) is 6.36. The number of rotatable bonds is 13. The van der Waals surface area contributed by atoms with Crippen LogP contribution in [0.25, 0.3) is 0 Å². The molecule has 1 aliphatic rings. The van der Waals surface area contributed by atoms with Crippen molar-refractivity contribution >= 4 is 23.7 Å². The highest BCUT2D eigenvalue weighted by atomic mass is 35.5. The van der Waals surface area contributed by atoms with E-state index in [1.54, 1.807) is 4.90 Å². The summed E-state index contributed by atoms with van der Waals surface area (Å²) in [6, 6.07) is 8.37. The standard InChI is InChI=1S/C23H38ClN3O2.C4H9NO3.C3H8/c1-18(13-19-8-4-10-21(24)14-19)7-5-11-27(3)23(28)26-16-22(25-2)15-20-9-6-12-29-17-20;1-8-4(7)5-2-3-6;1-3-2/h4,8,10,14,18,20,22,25H,5-7,9,11-13,15-17H2,1-3H3,(H,26,28);6H,2-3H2,1H3,(H,5,7);3H2,1-2H3/t18-,20+,22?;;/m0../s1. The number of urea groups is 1. The lowest BCUT2D eigenvalue weighted by atomic mass is 9.94. The van der Waals surface area contributed by atoms with Crippen LogP contribution in [0.1, 0.15) is 64.9 Å². The van der Waals surface area contributed by atoms with Crippen LogP contribution in [0.15, 0.2) is 24.3 Å². The Bertz CT molecular complexity index is 780. The first-order chi connectivity index (χ1) is 19.2. The van der Waals surface area contributed by atoms with Crippen molar-refractivity contribution in [3.05, 3.63) is 34.9 Å². The van der Waals surface area contributed by atoms with Crippen LogP contribution < -0.4 is 16.0 Å². The van der Waals surface area contributed by atoms with Crippen molar-refractivity contribution in [3.8, 4) is 0 Å². The van der Waals surface area contributed by atoms with Gasteiger partial charge in [-0.1, -0.05) is 50.9 Å². The molecule has 0 bridgehead atoms. The fraction of sp³-hybridized carbons (Fsp3) is 0.733. The molecule has 10 heteroatoms. The predicted octanol–water partition coefficient (Wildman–Crippen LogP) is 5.10. The normalized spacial score (nSPS) is 15.8. The van der Waals surface area contributed by atoms with Gasteiger partial charge in [-0.3, -0.25) is 0 Å². The highest BCUT2D eigenvalue weighted by molar-refractivity contribution is 6.30. The summed E-state index contributed by atoms with van der Waals surface area (Å²) < 4.78 is 9.76. The molecular formula is C30H55ClN4O5. The van der Waals surface area contributed by atoms with Gasteiger partial charge >= 0.3 is 12.1 Å². The van der Waals surface area contributed by atoms with Crippen molar-refractivity contribution in [3.63, 3.8) is 0 Å². The first-order valence-electron chi connectivity index (χ1n) is 14.6. The number of halogens is 1. The number of aliphatic hydroxyl groups is 1. The average molecular weight is 587 g/mol. The van der Waals surface area contributed by atoms with Gasteiger partial charge in [0.05, 0.1) is 13.7 Å². The molecule has 0 aliphatic carbocycles. The van der Waals surface area contributed by atoms with Gasteiger partial charge in [0.25, 0.3) is 0 Å². The van der Waals surface area contributed by atoms with Gasteiger partial charge in [-0.15, -0.1) is 0 Å². The summed E-state index contributed by atoms with van der Waals surface area (Å²) in [5, 5.41) is 17.6. The zero-order valence-corrected chi connectivity index (χ0v) is 26.4. The number of carbonyl (C=O) groups excluding carboxylic acids is 2. The van der Waals surface area contributed by atoms with Gasteiger partial charge in [-0.2, -0.15) is 0 Å². The lowest BCUT2D eigenvalue weighted by Crippen LogP contribution is -2.45. The van der Waals surface area contributed by atoms with E-state index in [-0.39, 0.29) is 25.2 Å². The molecule has 3 amide bonds. The molecule has 0 spiro atoms. The minimum atomic E-state index is -0.515. The number of nitrogens with zero attached hydrogens (tertiary/aromatic N) is 1. The lowest BCUT2D eigenvalue weighted by molar-refractivity contribution is 0.0479. The van der Waals surface area contributed by atoms with Crippen LogP contribution in [0.5, 0.6) is 0 Å². The van der Waals surface area contributed by atoms with Gasteiger partial charge < -0.3 is 35.4 Å². The number of carbonyl (C=O) groups is 2. The number of hydrogen-bond acceptors (Lipinski definition) is 6. The van der Waals surface area contributed by atoms with E-state index in [9.17, 15) is 9.59 Å². The number of aliphatic hydroxyl groups excluding tert-OH is 1. The first-order valence-corrected chi connectivity index (χ1v) is 15.0. The quantitative estimate of drug-likeness (QED) is 0.256. The Morgan fingerprint density at radius 3 is 2.58 bits per heavy atom. The van der Waals surface area contributed by atoms with E-state index in [1.165, 1.54) is 25.5 Å². The summed E-state index contributed by atoms with van der Waals surface area (Å²) in [6.45, 7) is 9.85. The molecule has 1 aromatic rings. The van der Waals surface area contributed by atoms with E-state index in [4.69, 9.17) is 21.4 Å². The maximum Gasteiger partial charge on any atom is 0.406 e. The van der Waals surface area contributed by atoms with E-state index in [2.05, 4.69) is 47.5 Å². The second-order valence-corrected chi connectivity index (χ2v) is 10.8. The zero-order valence-electron chi connectivity index (χ0n) is 25.6. The van der Waals surface area contributed by atoms with Crippen molar-refractivity contribution in [2.45, 2.75) is 71.8 Å². The molecule has 4 N–H and O–H groups in total. The summed E-state index contributed by atoms with van der Waals surface area (Å²) >= 11 is 6.06. The van der Waals surface area contributed by atoms with Crippen molar-refractivity contribution in [2.24, 2.45) is 11.8 Å². The second-order valence-electron chi connectivity index (χ2n) is 10.3. The topological polar surface area (TPSA) is 112 Å². The van der Waals surface area contributed by atoms with E-state index in [0.29, 0.717) is 18.4 Å². The van der Waals surface area contributed by atoms with Gasteiger partial charge in [0.1, 0.15) is 0 Å². The molecule has 1 aliphatic heterocycles. The number of alkyl carbamates (subject to hydrolysis) is 1. The molecule has 9 nitrogen and oxygen atoms in total.